The molecule has 0 spiro atoms. The first-order valence-corrected chi connectivity index (χ1v) is 13.9. The maximum Gasteiger partial charge on any atom is 0.418 e. The van der Waals surface area contributed by atoms with Crippen LogP contribution >= 0.6 is 0 Å². The molecule has 2 bridgehead atoms. The lowest BCUT2D eigenvalue weighted by atomic mass is 9.95. The zero-order valence-electron chi connectivity index (χ0n) is 20.5. The fourth-order valence-electron chi connectivity index (χ4n) is 5.63. The van der Waals surface area contributed by atoms with Crippen molar-refractivity contribution in [2.75, 3.05) is 55.0 Å². The zero-order valence-corrected chi connectivity index (χ0v) is 21.3. The predicted octanol–water partition coefficient (Wildman–Crippen LogP) is 3.11. The Balaban J connectivity index is 1.33. The standard InChI is InChI=1S/C23H29F4N7O2S/c1-32-15-4-6-20(32)18(12-15)30-21-17(24)13-28-22(31-21)29-14-3-5-19(16(11-14)23(25,26)27)33-7-9-34(10-8-33)37(2,35)36/h3,5,11,13,15,18,20H,4,6-10,12H2,1-2H3,(H2,28,29,30,31)/t15?,18-,20?/m0/s1. The van der Waals surface area contributed by atoms with Crippen LogP contribution in [0, 0.1) is 5.82 Å². The number of nitrogens with zero attached hydrogens (tertiary/aromatic N) is 5. The lowest BCUT2D eigenvalue weighted by Crippen LogP contribution is -2.48. The topological polar surface area (TPSA) is 93.7 Å². The Morgan fingerprint density at radius 2 is 1.84 bits per heavy atom. The van der Waals surface area contributed by atoms with E-state index in [1.54, 1.807) is 0 Å². The van der Waals surface area contributed by atoms with Crippen LogP contribution < -0.4 is 15.5 Å². The third-order valence-corrected chi connectivity index (χ3v) is 8.86. The number of nitrogens with one attached hydrogen (secondary N) is 2. The maximum atomic E-state index is 14.5. The molecule has 4 heterocycles. The average Bonchev–Trinajstić information content (AvgIpc) is 3.34. The summed E-state index contributed by atoms with van der Waals surface area (Å²) in [5, 5.41) is 5.92. The van der Waals surface area contributed by atoms with Crippen LogP contribution in [0.15, 0.2) is 24.4 Å². The summed E-state index contributed by atoms with van der Waals surface area (Å²) < 4.78 is 81.1. The molecule has 1 aromatic heterocycles. The minimum atomic E-state index is -4.65. The number of halogens is 4. The minimum Gasteiger partial charge on any atom is -0.368 e. The van der Waals surface area contributed by atoms with Gasteiger partial charge < -0.3 is 15.5 Å². The van der Waals surface area contributed by atoms with Crippen molar-refractivity contribution in [3.05, 3.63) is 35.8 Å². The largest absolute Gasteiger partial charge is 0.418 e. The summed E-state index contributed by atoms with van der Waals surface area (Å²) in [5.41, 5.74) is -0.798. The summed E-state index contributed by atoms with van der Waals surface area (Å²) in [6.07, 6.45) is 0.442. The number of aromatic nitrogens is 2. The van der Waals surface area contributed by atoms with Crippen molar-refractivity contribution in [3.63, 3.8) is 0 Å². The molecule has 2 unspecified atom stereocenters. The van der Waals surface area contributed by atoms with Gasteiger partial charge in [-0.2, -0.15) is 22.5 Å². The summed E-state index contributed by atoms with van der Waals surface area (Å²) in [6.45, 7) is 0.482. The summed E-state index contributed by atoms with van der Waals surface area (Å²) in [4.78, 5) is 11.9. The molecule has 5 rings (SSSR count). The molecular weight excluding hydrogens is 514 g/mol. The smallest absolute Gasteiger partial charge is 0.368 e. The van der Waals surface area contributed by atoms with Gasteiger partial charge >= 0.3 is 6.18 Å². The lowest BCUT2D eigenvalue weighted by Gasteiger charge is -2.36. The molecule has 14 heteroatoms. The molecule has 0 saturated carbocycles. The Morgan fingerprint density at radius 3 is 2.43 bits per heavy atom. The molecule has 1 aromatic carbocycles. The fourth-order valence-corrected chi connectivity index (χ4v) is 6.45. The van der Waals surface area contributed by atoms with Crippen molar-refractivity contribution in [2.24, 2.45) is 0 Å². The molecule has 3 atom stereocenters. The maximum absolute atomic E-state index is 14.5. The number of likely N-dealkylation sites (N-methyl/N-ethyl adjacent to an activating group) is 1. The molecule has 3 fully saturated rings. The summed E-state index contributed by atoms with van der Waals surface area (Å²) in [7, 11) is -1.35. The van der Waals surface area contributed by atoms with E-state index in [4.69, 9.17) is 0 Å². The summed E-state index contributed by atoms with van der Waals surface area (Å²) in [6, 6.07) is 4.56. The van der Waals surface area contributed by atoms with Gasteiger partial charge in [-0.15, -0.1) is 0 Å². The molecule has 37 heavy (non-hydrogen) atoms. The van der Waals surface area contributed by atoms with Gasteiger partial charge in [0.25, 0.3) is 0 Å². The van der Waals surface area contributed by atoms with E-state index in [0.29, 0.717) is 6.04 Å². The van der Waals surface area contributed by atoms with Crippen molar-refractivity contribution >= 4 is 33.2 Å². The molecule has 0 aliphatic carbocycles. The number of hydrogen-bond acceptors (Lipinski definition) is 8. The van der Waals surface area contributed by atoms with E-state index in [1.807, 2.05) is 0 Å². The molecule has 3 aliphatic rings. The Kier molecular flexibility index (Phi) is 6.69. The van der Waals surface area contributed by atoms with E-state index in [2.05, 4.69) is 32.5 Å². The second kappa shape index (κ2) is 9.55. The average molecular weight is 544 g/mol. The van der Waals surface area contributed by atoms with Crippen molar-refractivity contribution in [3.8, 4) is 0 Å². The van der Waals surface area contributed by atoms with E-state index in [9.17, 15) is 26.0 Å². The molecule has 0 radical (unpaired) electrons. The van der Waals surface area contributed by atoms with E-state index >= 15 is 0 Å². The number of alkyl halides is 3. The lowest BCUT2D eigenvalue weighted by molar-refractivity contribution is -0.137. The number of fused-ring (bicyclic) bond motifs is 2. The van der Waals surface area contributed by atoms with Gasteiger partial charge in [0.2, 0.25) is 16.0 Å². The van der Waals surface area contributed by atoms with Crippen LogP contribution in [0.1, 0.15) is 24.8 Å². The van der Waals surface area contributed by atoms with Crippen molar-refractivity contribution in [1.29, 1.82) is 0 Å². The van der Waals surface area contributed by atoms with Crippen LogP contribution in [0.4, 0.5) is 40.7 Å². The van der Waals surface area contributed by atoms with Crippen LogP contribution in [0.25, 0.3) is 0 Å². The highest BCUT2D eigenvalue weighted by molar-refractivity contribution is 7.88. The molecule has 3 saturated heterocycles. The highest BCUT2D eigenvalue weighted by atomic mass is 32.2. The van der Waals surface area contributed by atoms with Gasteiger partial charge in [0.05, 0.1) is 18.0 Å². The third-order valence-electron chi connectivity index (χ3n) is 7.56. The van der Waals surface area contributed by atoms with Gasteiger partial charge in [-0.1, -0.05) is 0 Å². The third kappa shape index (κ3) is 5.32. The number of sulfonamides is 1. The van der Waals surface area contributed by atoms with Gasteiger partial charge in [0.1, 0.15) is 0 Å². The van der Waals surface area contributed by atoms with Crippen LogP contribution in [-0.2, 0) is 16.2 Å². The molecule has 202 valence electrons. The molecular formula is C23H29F4N7O2S. The highest BCUT2D eigenvalue weighted by Crippen LogP contribution is 2.40. The van der Waals surface area contributed by atoms with Gasteiger partial charge in [-0.25, -0.2) is 17.8 Å². The van der Waals surface area contributed by atoms with Crippen LogP contribution in [0.2, 0.25) is 0 Å². The quantitative estimate of drug-likeness (QED) is 0.537. The summed E-state index contributed by atoms with van der Waals surface area (Å²) in [5.74, 6) is -0.640. The van der Waals surface area contributed by atoms with Crippen molar-refractivity contribution in [1.82, 2.24) is 19.2 Å². The zero-order chi connectivity index (χ0) is 26.5. The molecule has 3 aliphatic heterocycles. The first kappa shape index (κ1) is 25.9. The highest BCUT2D eigenvalue weighted by Gasteiger charge is 2.44. The van der Waals surface area contributed by atoms with Crippen LogP contribution in [0.5, 0.6) is 0 Å². The normalized spacial score (nSPS) is 25.0. The second-order valence-corrected chi connectivity index (χ2v) is 11.8. The first-order chi connectivity index (χ1) is 17.4. The van der Waals surface area contributed by atoms with E-state index < -0.39 is 27.6 Å². The van der Waals surface area contributed by atoms with E-state index in [0.717, 1.165) is 37.8 Å². The second-order valence-electron chi connectivity index (χ2n) is 9.84. The van der Waals surface area contributed by atoms with Gasteiger partial charge in [0.15, 0.2) is 11.6 Å². The Hall–Kier alpha value is -2.71. The number of benzene rings is 1. The number of anilines is 4. The van der Waals surface area contributed by atoms with Crippen molar-refractivity contribution in [2.45, 2.75) is 43.6 Å². The number of hydrogen-bond donors (Lipinski definition) is 2. The van der Waals surface area contributed by atoms with E-state index in [-0.39, 0.29) is 61.4 Å². The van der Waals surface area contributed by atoms with Crippen LogP contribution in [0.3, 0.4) is 0 Å². The molecule has 0 amide bonds. The molecule has 2 aromatic rings. The van der Waals surface area contributed by atoms with Gasteiger partial charge in [-0.3, -0.25) is 4.90 Å². The Labute approximate surface area is 212 Å². The SMILES string of the molecule is CN1C2CCC1[C@@H](Nc1nc(Nc3ccc(N4CCN(S(C)(=O)=O)CC4)c(C(F)(F)F)c3)ncc1F)C2. The number of piperazine rings is 1. The predicted molar refractivity (Wildman–Crippen MR) is 132 cm³/mol. The number of rotatable bonds is 6. The Bertz CT molecular complexity index is 1270. The van der Waals surface area contributed by atoms with Crippen LogP contribution in [-0.4, -0.2) is 85.2 Å². The minimum absolute atomic E-state index is 0.0138. The molecule has 9 nitrogen and oxygen atoms in total. The van der Waals surface area contributed by atoms with Gasteiger partial charge in [0, 0.05) is 55.7 Å². The monoisotopic (exact) mass is 543 g/mol. The van der Waals surface area contributed by atoms with E-state index in [1.165, 1.54) is 21.3 Å². The summed E-state index contributed by atoms with van der Waals surface area (Å²) >= 11 is 0. The molecule has 2 N–H and O–H groups in total. The fraction of sp³-hybridized carbons (Fsp3) is 0.565. The van der Waals surface area contributed by atoms with Crippen molar-refractivity contribution < 1.29 is 26.0 Å². The Morgan fingerprint density at radius 1 is 1.11 bits per heavy atom. The first-order valence-electron chi connectivity index (χ1n) is 12.1. The van der Waals surface area contributed by atoms with Gasteiger partial charge in [-0.05, 0) is 44.5 Å².